The van der Waals surface area contributed by atoms with E-state index in [2.05, 4.69) is 15.3 Å². The summed E-state index contributed by atoms with van der Waals surface area (Å²) in [5.41, 5.74) is 1.39. The maximum Gasteiger partial charge on any atom is 0.453 e. The summed E-state index contributed by atoms with van der Waals surface area (Å²) in [5.74, 6) is -1.35. The molecule has 10 heteroatoms. The number of halogens is 3. The fourth-order valence-corrected chi connectivity index (χ4v) is 3.21. The molecule has 1 aliphatic heterocycles. The van der Waals surface area contributed by atoms with Gasteiger partial charge < -0.3 is 9.64 Å². The number of carbonyl (C=O) groups excluding carboxylic acids is 1. The molecule has 7 nitrogen and oxygen atoms in total. The van der Waals surface area contributed by atoms with Crippen LogP contribution < -0.4 is 4.90 Å². The molecule has 0 radical (unpaired) electrons. The first-order valence-electron chi connectivity index (χ1n) is 8.45. The van der Waals surface area contributed by atoms with Crippen LogP contribution in [0, 0.1) is 19.8 Å². The van der Waals surface area contributed by atoms with E-state index in [1.807, 2.05) is 4.90 Å². The second-order valence-corrected chi connectivity index (χ2v) is 6.37. The van der Waals surface area contributed by atoms with Crippen LogP contribution in [0.1, 0.15) is 36.7 Å². The normalized spacial score (nSPS) is 18.4. The number of esters is 1. The number of piperidine rings is 1. The molecule has 1 saturated heterocycles. The van der Waals surface area contributed by atoms with Crippen molar-refractivity contribution in [3.63, 3.8) is 0 Å². The van der Waals surface area contributed by atoms with E-state index < -0.39 is 12.0 Å². The summed E-state index contributed by atoms with van der Waals surface area (Å²) < 4.78 is 45.3. The van der Waals surface area contributed by atoms with Crippen molar-refractivity contribution >= 4 is 17.4 Å². The van der Waals surface area contributed by atoms with Gasteiger partial charge in [0, 0.05) is 24.2 Å². The predicted octanol–water partition coefficient (Wildman–Crippen LogP) is 2.54. The Balaban J connectivity index is 2.01. The lowest BCUT2D eigenvalue weighted by atomic mass is 9.97. The Morgan fingerprint density at radius 2 is 2.00 bits per heavy atom. The number of aryl methyl sites for hydroxylation is 1. The van der Waals surface area contributed by atoms with Gasteiger partial charge in [-0.15, -0.1) is 15.3 Å². The van der Waals surface area contributed by atoms with Gasteiger partial charge in [0.05, 0.1) is 12.5 Å². The highest BCUT2D eigenvalue weighted by atomic mass is 19.4. The van der Waals surface area contributed by atoms with Gasteiger partial charge in [-0.3, -0.25) is 4.79 Å². The Labute approximate surface area is 148 Å². The highest BCUT2D eigenvalue weighted by Crippen LogP contribution is 2.32. The molecule has 3 rings (SSSR count). The third-order valence-corrected chi connectivity index (χ3v) is 4.66. The molecule has 1 aliphatic rings. The topological polar surface area (TPSA) is 72.6 Å². The van der Waals surface area contributed by atoms with Gasteiger partial charge in [0.25, 0.3) is 5.82 Å². The number of hydrogen-bond donors (Lipinski definition) is 0. The van der Waals surface area contributed by atoms with Gasteiger partial charge in [0.2, 0.25) is 0 Å². The van der Waals surface area contributed by atoms with Crippen LogP contribution >= 0.6 is 0 Å². The molecule has 1 atom stereocenters. The van der Waals surface area contributed by atoms with E-state index >= 15 is 0 Å². The van der Waals surface area contributed by atoms with Gasteiger partial charge in [-0.2, -0.15) is 17.7 Å². The van der Waals surface area contributed by atoms with Crippen LogP contribution in [0.3, 0.4) is 0 Å². The van der Waals surface area contributed by atoms with Gasteiger partial charge in [-0.05, 0) is 33.6 Å². The summed E-state index contributed by atoms with van der Waals surface area (Å²) in [6.07, 6.45) is -3.23. The Kier molecular flexibility index (Phi) is 4.76. The largest absolute Gasteiger partial charge is 0.466 e. The first-order chi connectivity index (χ1) is 12.2. The minimum Gasteiger partial charge on any atom is -0.466 e. The Bertz CT molecular complexity index is 833. The lowest BCUT2D eigenvalue weighted by molar-refractivity contribution is -0.148. The maximum atomic E-state index is 13.2. The molecule has 0 N–H and O–H groups in total. The number of fused-ring (bicyclic) bond motifs is 1. The zero-order chi connectivity index (χ0) is 19.1. The average Bonchev–Trinajstić information content (AvgIpc) is 3.03. The predicted molar refractivity (Wildman–Crippen MR) is 86.8 cm³/mol. The van der Waals surface area contributed by atoms with Crippen molar-refractivity contribution in [2.24, 2.45) is 5.92 Å². The summed E-state index contributed by atoms with van der Waals surface area (Å²) >= 11 is 0. The van der Waals surface area contributed by atoms with Crippen molar-refractivity contribution in [2.75, 3.05) is 24.6 Å². The van der Waals surface area contributed by atoms with Crippen LogP contribution in [-0.4, -0.2) is 45.5 Å². The van der Waals surface area contributed by atoms with Gasteiger partial charge in [-0.1, -0.05) is 0 Å². The minimum atomic E-state index is -4.65. The van der Waals surface area contributed by atoms with Crippen LogP contribution in [0.4, 0.5) is 19.0 Å². The second kappa shape index (κ2) is 6.73. The lowest BCUT2D eigenvalue weighted by Crippen LogP contribution is -2.40. The molecule has 0 aliphatic carbocycles. The number of ether oxygens (including phenoxy) is 1. The van der Waals surface area contributed by atoms with Crippen molar-refractivity contribution in [3.05, 3.63) is 17.0 Å². The highest BCUT2D eigenvalue weighted by Gasteiger charge is 2.38. The number of rotatable bonds is 3. The van der Waals surface area contributed by atoms with E-state index in [1.54, 1.807) is 20.8 Å². The van der Waals surface area contributed by atoms with Gasteiger partial charge in [0.15, 0.2) is 11.5 Å². The summed E-state index contributed by atoms with van der Waals surface area (Å²) in [6, 6.07) is 0. The van der Waals surface area contributed by atoms with E-state index in [1.165, 1.54) is 0 Å². The van der Waals surface area contributed by atoms with Crippen LogP contribution in [0.15, 0.2) is 0 Å². The van der Waals surface area contributed by atoms with Crippen LogP contribution in [0.25, 0.3) is 5.65 Å². The third-order valence-electron chi connectivity index (χ3n) is 4.66. The lowest BCUT2D eigenvalue weighted by Gasteiger charge is -2.33. The number of nitrogens with zero attached hydrogens (tertiary/aromatic N) is 5. The molecule has 142 valence electrons. The molecular weight excluding hydrogens is 351 g/mol. The number of carbonyl (C=O) groups is 1. The standard InChI is InChI=1S/C16H20F3N5O2/c1-4-26-14(25)11-6-5-7-23(8-11)13-10(3)9(2)12-20-21-15(16(17,18)19)24(12)22-13/h11H,4-8H2,1-3H3/t11-/m0/s1. The molecule has 2 aromatic rings. The third kappa shape index (κ3) is 3.19. The maximum absolute atomic E-state index is 13.2. The van der Waals surface area contributed by atoms with Crippen molar-refractivity contribution in [2.45, 2.75) is 39.8 Å². The molecule has 0 spiro atoms. The fourth-order valence-electron chi connectivity index (χ4n) is 3.21. The Hall–Kier alpha value is -2.39. The van der Waals surface area contributed by atoms with Crippen molar-refractivity contribution < 1.29 is 22.7 Å². The van der Waals surface area contributed by atoms with Gasteiger partial charge in [0.1, 0.15) is 0 Å². The molecule has 0 aromatic carbocycles. The number of hydrogen-bond acceptors (Lipinski definition) is 6. The van der Waals surface area contributed by atoms with Crippen molar-refractivity contribution in [1.29, 1.82) is 0 Å². The van der Waals surface area contributed by atoms with E-state index in [0.717, 1.165) is 16.5 Å². The number of alkyl halides is 3. The fraction of sp³-hybridized carbons (Fsp3) is 0.625. The second-order valence-electron chi connectivity index (χ2n) is 6.37. The van der Waals surface area contributed by atoms with Crippen molar-refractivity contribution in [3.8, 4) is 0 Å². The SMILES string of the molecule is CCOC(=O)[C@H]1CCCN(c2nn3c(C(F)(F)F)nnc3c(C)c2C)C1. The zero-order valence-electron chi connectivity index (χ0n) is 14.8. The van der Waals surface area contributed by atoms with Crippen LogP contribution in [0.5, 0.6) is 0 Å². The number of aromatic nitrogens is 4. The van der Waals surface area contributed by atoms with Crippen LogP contribution in [-0.2, 0) is 15.7 Å². The first-order valence-corrected chi connectivity index (χ1v) is 8.45. The Morgan fingerprint density at radius 1 is 1.27 bits per heavy atom. The van der Waals surface area contributed by atoms with E-state index in [9.17, 15) is 18.0 Å². The molecule has 0 unspecified atom stereocenters. The molecule has 3 heterocycles. The van der Waals surface area contributed by atoms with Gasteiger partial charge in [-0.25, -0.2) is 0 Å². The Morgan fingerprint density at radius 3 is 2.65 bits per heavy atom. The smallest absolute Gasteiger partial charge is 0.453 e. The number of anilines is 1. The molecule has 2 aromatic heterocycles. The van der Waals surface area contributed by atoms with Gasteiger partial charge >= 0.3 is 12.1 Å². The molecule has 0 amide bonds. The zero-order valence-corrected chi connectivity index (χ0v) is 14.8. The summed E-state index contributed by atoms with van der Waals surface area (Å²) in [7, 11) is 0. The highest BCUT2D eigenvalue weighted by molar-refractivity contribution is 5.73. The monoisotopic (exact) mass is 371 g/mol. The average molecular weight is 371 g/mol. The van der Waals surface area contributed by atoms with Crippen molar-refractivity contribution in [1.82, 2.24) is 19.8 Å². The van der Waals surface area contributed by atoms with E-state index in [0.29, 0.717) is 37.5 Å². The summed E-state index contributed by atoms with van der Waals surface area (Å²) in [5, 5.41) is 11.1. The molecule has 26 heavy (non-hydrogen) atoms. The molecule has 0 bridgehead atoms. The summed E-state index contributed by atoms with van der Waals surface area (Å²) in [4.78, 5) is 13.9. The summed E-state index contributed by atoms with van der Waals surface area (Å²) in [6.45, 7) is 6.49. The quantitative estimate of drug-likeness (QED) is 0.772. The first kappa shape index (κ1) is 18.4. The molecule has 0 saturated carbocycles. The van der Waals surface area contributed by atoms with E-state index in [-0.39, 0.29) is 17.5 Å². The van der Waals surface area contributed by atoms with Crippen LogP contribution in [0.2, 0.25) is 0 Å². The van der Waals surface area contributed by atoms with E-state index in [4.69, 9.17) is 4.74 Å². The minimum absolute atomic E-state index is 0.0810. The molecule has 1 fully saturated rings. The molecular formula is C16H20F3N5O2.